The Morgan fingerprint density at radius 2 is 0.768 bits per heavy atom. The molecule has 14 aromatic rings. The molecule has 322 valence electrons. The van der Waals surface area contributed by atoms with Gasteiger partial charge in [0.05, 0.1) is 16.7 Å². The molecule has 0 saturated heterocycles. The molecule has 10 aromatic carbocycles. The second-order valence-corrected chi connectivity index (χ2v) is 17.5. The molecular formula is C63H38N4O2. The van der Waals surface area contributed by atoms with Crippen molar-refractivity contribution in [1.82, 2.24) is 19.5 Å². The van der Waals surface area contributed by atoms with Crippen LogP contribution in [0, 0.1) is 0 Å². The highest BCUT2D eigenvalue weighted by Gasteiger charge is 2.22. The third-order valence-corrected chi connectivity index (χ3v) is 13.5. The van der Waals surface area contributed by atoms with E-state index in [4.69, 9.17) is 23.8 Å². The Morgan fingerprint density at radius 3 is 1.43 bits per heavy atom. The van der Waals surface area contributed by atoms with Gasteiger partial charge in [0.25, 0.3) is 0 Å². The van der Waals surface area contributed by atoms with E-state index in [1.165, 1.54) is 33.0 Å². The Bertz CT molecular complexity index is 4210. The molecule has 0 atom stereocenters. The summed E-state index contributed by atoms with van der Waals surface area (Å²) in [5.41, 5.74) is 15.8. The summed E-state index contributed by atoms with van der Waals surface area (Å²) in [6.45, 7) is 0. The minimum atomic E-state index is 0.540. The van der Waals surface area contributed by atoms with E-state index in [0.717, 1.165) is 88.4 Å². The summed E-state index contributed by atoms with van der Waals surface area (Å²) in [4.78, 5) is 15.9. The van der Waals surface area contributed by atoms with E-state index in [0.29, 0.717) is 17.5 Å². The quantitative estimate of drug-likeness (QED) is 0.159. The lowest BCUT2D eigenvalue weighted by Gasteiger charge is -2.16. The number of hydrogen-bond donors (Lipinski definition) is 0. The maximum Gasteiger partial charge on any atom is 0.164 e. The SMILES string of the molecule is c1ccc(-c2ccc3c(c2)c2cc(-c4ccccc4)ccc2n3-c2ccc(-c3nc(-c4ccc5c(c4)oc4ccccc45)nc(-c4cccc5oc6ccccc6c45)n3)cc2-c2ccccc2)cc1. The first-order chi connectivity index (χ1) is 34.2. The van der Waals surface area contributed by atoms with E-state index in [9.17, 15) is 0 Å². The van der Waals surface area contributed by atoms with Gasteiger partial charge in [-0.3, -0.25) is 0 Å². The summed E-state index contributed by atoms with van der Waals surface area (Å²) in [6, 6.07) is 80.7. The van der Waals surface area contributed by atoms with Crippen molar-refractivity contribution in [1.29, 1.82) is 0 Å². The summed E-state index contributed by atoms with van der Waals surface area (Å²) < 4.78 is 15.2. The third-order valence-electron chi connectivity index (χ3n) is 13.5. The molecule has 0 radical (unpaired) electrons. The molecule has 0 spiro atoms. The van der Waals surface area contributed by atoms with Crippen molar-refractivity contribution in [2.45, 2.75) is 0 Å². The van der Waals surface area contributed by atoms with E-state index in [1.54, 1.807) is 0 Å². The van der Waals surface area contributed by atoms with Gasteiger partial charge >= 0.3 is 0 Å². The third kappa shape index (κ3) is 6.45. The number of rotatable bonds is 7. The van der Waals surface area contributed by atoms with Gasteiger partial charge in [-0.25, -0.2) is 15.0 Å². The largest absolute Gasteiger partial charge is 0.456 e. The highest BCUT2D eigenvalue weighted by atomic mass is 16.3. The zero-order valence-corrected chi connectivity index (χ0v) is 37.0. The van der Waals surface area contributed by atoms with Crippen molar-refractivity contribution >= 4 is 65.7 Å². The first-order valence-corrected chi connectivity index (χ1v) is 23.2. The van der Waals surface area contributed by atoms with Crippen LogP contribution in [0.5, 0.6) is 0 Å². The van der Waals surface area contributed by atoms with Crippen LogP contribution in [0.1, 0.15) is 0 Å². The van der Waals surface area contributed by atoms with Gasteiger partial charge in [-0.15, -0.1) is 0 Å². The van der Waals surface area contributed by atoms with Crippen molar-refractivity contribution in [3.63, 3.8) is 0 Å². The number of para-hydroxylation sites is 2. The number of hydrogen-bond acceptors (Lipinski definition) is 5. The lowest BCUT2D eigenvalue weighted by atomic mass is 9.99. The van der Waals surface area contributed by atoms with Gasteiger partial charge in [0.1, 0.15) is 22.3 Å². The number of benzene rings is 10. The van der Waals surface area contributed by atoms with Crippen LogP contribution in [0.25, 0.3) is 139 Å². The molecule has 0 N–H and O–H groups in total. The van der Waals surface area contributed by atoms with Crippen molar-refractivity contribution in [3.8, 4) is 73.2 Å². The number of fused-ring (bicyclic) bond motifs is 9. The minimum Gasteiger partial charge on any atom is -0.456 e. The van der Waals surface area contributed by atoms with Crippen LogP contribution >= 0.6 is 0 Å². The van der Waals surface area contributed by atoms with Gasteiger partial charge in [0, 0.05) is 54.6 Å². The lowest BCUT2D eigenvalue weighted by molar-refractivity contribution is 0.668. The van der Waals surface area contributed by atoms with Crippen LogP contribution in [0.4, 0.5) is 0 Å². The lowest BCUT2D eigenvalue weighted by Crippen LogP contribution is -2.02. The van der Waals surface area contributed by atoms with E-state index >= 15 is 0 Å². The molecule has 0 bridgehead atoms. The Kier molecular flexibility index (Phi) is 8.79. The molecule has 4 aromatic heterocycles. The Labute approximate surface area is 396 Å². The van der Waals surface area contributed by atoms with Crippen molar-refractivity contribution < 1.29 is 8.83 Å². The van der Waals surface area contributed by atoms with Crippen LogP contribution in [0.15, 0.2) is 239 Å². The van der Waals surface area contributed by atoms with Gasteiger partial charge in [-0.1, -0.05) is 158 Å². The Morgan fingerprint density at radius 1 is 0.275 bits per heavy atom. The number of aromatic nitrogens is 4. The molecule has 14 rings (SSSR count). The van der Waals surface area contributed by atoms with Crippen LogP contribution in [0.2, 0.25) is 0 Å². The average Bonchev–Trinajstić information content (AvgIpc) is 4.10. The molecule has 0 unspecified atom stereocenters. The topological polar surface area (TPSA) is 69.9 Å². The normalized spacial score (nSPS) is 11.8. The van der Waals surface area contributed by atoms with Gasteiger partial charge in [0.15, 0.2) is 17.5 Å². The molecule has 6 nitrogen and oxygen atoms in total. The minimum absolute atomic E-state index is 0.540. The molecule has 0 aliphatic carbocycles. The van der Waals surface area contributed by atoms with Gasteiger partial charge in [-0.2, -0.15) is 0 Å². The fourth-order valence-corrected chi connectivity index (χ4v) is 10.2. The second-order valence-electron chi connectivity index (χ2n) is 17.5. The van der Waals surface area contributed by atoms with E-state index < -0.39 is 0 Å². The van der Waals surface area contributed by atoms with Crippen molar-refractivity contribution in [3.05, 3.63) is 231 Å². The van der Waals surface area contributed by atoms with Gasteiger partial charge in [0.2, 0.25) is 0 Å². The number of furan rings is 2. The summed E-state index contributed by atoms with van der Waals surface area (Å²) in [6.07, 6.45) is 0. The van der Waals surface area contributed by atoms with Crippen LogP contribution in [0.3, 0.4) is 0 Å². The monoisotopic (exact) mass is 882 g/mol. The van der Waals surface area contributed by atoms with E-state index in [2.05, 4.69) is 180 Å². The van der Waals surface area contributed by atoms with E-state index in [-0.39, 0.29) is 0 Å². The average molecular weight is 883 g/mol. The Hall–Kier alpha value is -9.39. The van der Waals surface area contributed by atoms with Crippen LogP contribution < -0.4 is 0 Å². The fourth-order valence-electron chi connectivity index (χ4n) is 10.2. The maximum absolute atomic E-state index is 6.39. The first-order valence-electron chi connectivity index (χ1n) is 23.2. The Balaban J connectivity index is 1.00. The summed E-state index contributed by atoms with van der Waals surface area (Å²) in [5.74, 6) is 1.64. The zero-order chi connectivity index (χ0) is 45.4. The molecule has 0 saturated carbocycles. The smallest absolute Gasteiger partial charge is 0.164 e. The maximum atomic E-state index is 6.39. The summed E-state index contributed by atoms with van der Waals surface area (Å²) in [5, 5.41) is 6.44. The number of nitrogens with zero attached hydrogens (tertiary/aromatic N) is 4. The summed E-state index contributed by atoms with van der Waals surface area (Å²) >= 11 is 0. The molecule has 0 aliphatic heterocycles. The molecule has 4 heterocycles. The molecule has 0 fully saturated rings. The highest BCUT2D eigenvalue weighted by Crippen LogP contribution is 2.42. The standard InChI is InChI=1S/C63H38N4O2/c1-4-15-39(16-5-1)42-28-32-54-51(35-42)52-36-43(40-17-6-2-7-18-40)29-33-55(52)67(54)53-34-30-44(37-50(53)41-19-8-3-9-20-41)61-64-62(45-27-31-47-46-21-10-12-24-56(46)69-59(47)38-45)66-63(65-61)49-23-14-26-58-60(49)48-22-11-13-25-57(48)68-58/h1-38H. The summed E-state index contributed by atoms with van der Waals surface area (Å²) in [7, 11) is 0. The predicted molar refractivity (Wildman–Crippen MR) is 281 cm³/mol. The van der Waals surface area contributed by atoms with Crippen LogP contribution in [-0.4, -0.2) is 19.5 Å². The molecular weight excluding hydrogens is 845 g/mol. The van der Waals surface area contributed by atoms with Crippen molar-refractivity contribution in [2.75, 3.05) is 0 Å². The van der Waals surface area contributed by atoms with Crippen LogP contribution in [-0.2, 0) is 0 Å². The zero-order valence-electron chi connectivity index (χ0n) is 37.0. The predicted octanol–water partition coefficient (Wildman–Crippen LogP) is 16.8. The second kappa shape index (κ2) is 15.6. The fraction of sp³-hybridized carbons (Fsp3) is 0. The van der Waals surface area contributed by atoms with Crippen molar-refractivity contribution in [2.24, 2.45) is 0 Å². The van der Waals surface area contributed by atoms with Gasteiger partial charge < -0.3 is 13.4 Å². The first kappa shape index (κ1) is 38.8. The molecule has 0 amide bonds. The molecule has 0 aliphatic rings. The van der Waals surface area contributed by atoms with E-state index in [1.807, 2.05) is 54.6 Å². The molecule has 69 heavy (non-hydrogen) atoms. The molecule has 6 heteroatoms. The van der Waals surface area contributed by atoms with Gasteiger partial charge in [-0.05, 0) is 101 Å². The highest BCUT2D eigenvalue weighted by molar-refractivity contribution is 6.13.